The molecule has 0 fully saturated rings. The first-order chi connectivity index (χ1) is 15.8. The number of anilines is 1. The van der Waals surface area contributed by atoms with Gasteiger partial charge in [-0.3, -0.25) is 9.69 Å². The number of benzene rings is 2. The van der Waals surface area contributed by atoms with Crippen LogP contribution < -0.4 is 19.1 Å². The number of aryl methyl sites for hydroxylation is 2. The Labute approximate surface area is 191 Å². The van der Waals surface area contributed by atoms with E-state index in [-0.39, 0.29) is 36.2 Å². The molecule has 1 N–H and O–H groups in total. The van der Waals surface area contributed by atoms with E-state index < -0.39 is 10.0 Å². The largest absolute Gasteiger partial charge is 0.496 e. The average Bonchev–Trinajstić information content (AvgIpc) is 3.27. The van der Waals surface area contributed by atoms with Crippen LogP contribution >= 0.6 is 0 Å². The molecule has 0 aliphatic carbocycles. The maximum absolute atomic E-state index is 13.1. The minimum absolute atomic E-state index is 0.0614. The highest BCUT2D eigenvalue weighted by Crippen LogP contribution is 2.37. The SMILES string of the molecule is CCc1nc(CN2C(=O)COc3cc(S(=O)(=O)NCc4ccccc4OC)c(C)cc32)no1. The lowest BCUT2D eigenvalue weighted by Gasteiger charge is -2.29. The molecule has 174 valence electrons. The van der Waals surface area contributed by atoms with E-state index in [9.17, 15) is 13.2 Å². The van der Waals surface area contributed by atoms with Crippen molar-refractivity contribution in [3.05, 3.63) is 59.2 Å². The van der Waals surface area contributed by atoms with Crippen molar-refractivity contribution in [3.63, 3.8) is 0 Å². The van der Waals surface area contributed by atoms with E-state index in [0.717, 1.165) is 0 Å². The number of fused-ring (bicyclic) bond motifs is 1. The van der Waals surface area contributed by atoms with E-state index >= 15 is 0 Å². The van der Waals surface area contributed by atoms with Gasteiger partial charge in [0.15, 0.2) is 12.4 Å². The Morgan fingerprint density at radius 3 is 2.76 bits per heavy atom. The van der Waals surface area contributed by atoms with Gasteiger partial charge < -0.3 is 14.0 Å². The summed E-state index contributed by atoms with van der Waals surface area (Å²) in [4.78, 5) is 18.3. The van der Waals surface area contributed by atoms with Gasteiger partial charge in [0.1, 0.15) is 11.5 Å². The molecule has 2 heterocycles. The summed E-state index contributed by atoms with van der Waals surface area (Å²) in [6.07, 6.45) is 0.586. The number of methoxy groups -OCH3 is 1. The first-order valence-electron chi connectivity index (χ1n) is 10.3. The second kappa shape index (κ2) is 9.20. The van der Waals surface area contributed by atoms with E-state index in [1.54, 1.807) is 25.1 Å². The van der Waals surface area contributed by atoms with Gasteiger partial charge in [-0.15, -0.1) is 0 Å². The van der Waals surface area contributed by atoms with E-state index in [2.05, 4.69) is 14.9 Å². The number of ether oxygens (including phenoxy) is 2. The standard InChI is InChI=1S/C22H24N4O6S/c1-4-21-24-20(25-32-21)12-26-16-9-14(2)19(10-18(16)31-13-22(26)27)33(28,29)23-11-15-7-5-6-8-17(15)30-3/h5-10,23H,4,11-13H2,1-3H3. The molecule has 10 nitrogen and oxygen atoms in total. The number of rotatable bonds is 8. The summed E-state index contributed by atoms with van der Waals surface area (Å²) in [7, 11) is -2.34. The van der Waals surface area contributed by atoms with Crippen molar-refractivity contribution in [2.24, 2.45) is 0 Å². The third-order valence-corrected chi connectivity index (χ3v) is 6.79. The number of amides is 1. The van der Waals surface area contributed by atoms with Crippen molar-refractivity contribution in [1.82, 2.24) is 14.9 Å². The highest BCUT2D eigenvalue weighted by molar-refractivity contribution is 7.89. The van der Waals surface area contributed by atoms with Crippen LogP contribution in [0, 0.1) is 6.92 Å². The summed E-state index contributed by atoms with van der Waals surface area (Å²) in [5.74, 6) is 1.44. The second-order valence-electron chi connectivity index (χ2n) is 7.45. The van der Waals surface area contributed by atoms with Gasteiger partial charge in [0.25, 0.3) is 5.91 Å². The molecule has 4 rings (SSSR count). The fourth-order valence-electron chi connectivity index (χ4n) is 3.53. The Kier molecular flexibility index (Phi) is 6.34. The molecule has 0 unspecified atom stereocenters. The molecular weight excluding hydrogens is 448 g/mol. The fraction of sp³-hybridized carbons (Fsp3) is 0.318. The second-order valence-corrected chi connectivity index (χ2v) is 9.18. The summed E-state index contributed by atoms with van der Waals surface area (Å²) in [5, 5.41) is 3.90. The molecule has 3 aromatic rings. The summed E-state index contributed by atoms with van der Waals surface area (Å²) < 4.78 is 44.7. The molecule has 1 aliphatic rings. The van der Waals surface area contributed by atoms with Crippen LogP contribution in [0.2, 0.25) is 0 Å². The lowest BCUT2D eigenvalue weighted by Crippen LogP contribution is -2.38. The number of hydrogen-bond acceptors (Lipinski definition) is 8. The van der Waals surface area contributed by atoms with Crippen LogP contribution in [0.5, 0.6) is 11.5 Å². The van der Waals surface area contributed by atoms with Crippen molar-refractivity contribution in [2.75, 3.05) is 18.6 Å². The van der Waals surface area contributed by atoms with Gasteiger partial charge in [-0.1, -0.05) is 30.3 Å². The Morgan fingerprint density at radius 1 is 1.24 bits per heavy atom. The molecule has 0 radical (unpaired) electrons. The van der Waals surface area contributed by atoms with E-state index in [0.29, 0.717) is 40.7 Å². The number of carbonyl (C=O) groups excluding carboxylic acids is 1. The maximum Gasteiger partial charge on any atom is 0.265 e. The Morgan fingerprint density at radius 2 is 2.03 bits per heavy atom. The van der Waals surface area contributed by atoms with Crippen LogP contribution in [0.25, 0.3) is 0 Å². The van der Waals surface area contributed by atoms with Crippen LogP contribution in [-0.4, -0.2) is 38.2 Å². The van der Waals surface area contributed by atoms with Crippen molar-refractivity contribution in [2.45, 2.75) is 38.3 Å². The Hall–Kier alpha value is -3.44. The van der Waals surface area contributed by atoms with Gasteiger partial charge in [0.05, 0.1) is 24.2 Å². The lowest BCUT2D eigenvalue weighted by molar-refractivity contribution is -0.121. The van der Waals surface area contributed by atoms with Gasteiger partial charge in [-0.2, -0.15) is 4.98 Å². The first-order valence-corrected chi connectivity index (χ1v) is 11.8. The predicted octanol–water partition coefficient (Wildman–Crippen LogP) is 2.35. The predicted molar refractivity (Wildman–Crippen MR) is 119 cm³/mol. The normalized spacial score (nSPS) is 13.5. The quantitative estimate of drug-likeness (QED) is 0.530. The van der Waals surface area contributed by atoms with Gasteiger partial charge in [0, 0.05) is 24.6 Å². The summed E-state index contributed by atoms with van der Waals surface area (Å²) in [6.45, 7) is 3.49. The highest BCUT2D eigenvalue weighted by Gasteiger charge is 2.30. The Bertz CT molecular complexity index is 1290. The number of hydrogen-bond donors (Lipinski definition) is 1. The zero-order chi connectivity index (χ0) is 23.6. The monoisotopic (exact) mass is 472 g/mol. The molecule has 11 heteroatoms. The maximum atomic E-state index is 13.1. The lowest BCUT2D eigenvalue weighted by atomic mass is 10.1. The number of carbonyl (C=O) groups is 1. The number of sulfonamides is 1. The van der Waals surface area contributed by atoms with Crippen LogP contribution in [-0.2, 0) is 34.3 Å². The smallest absolute Gasteiger partial charge is 0.265 e. The zero-order valence-corrected chi connectivity index (χ0v) is 19.3. The number of aromatic nitrogens is 2. The zero-order valence-electron chi connectivity index (χ0n) is 18.5. The van der Waals surface area contributed by atoms with Gasteiger partial charge in [-0.05, 0) is 24.6 Å². The van der Waals surface area contributed by atoms with Crippen molar-refractivity contribution >= 4 is 21.6 Å². The Balaban J connectivity index is 1.60. The van der Waals surface area contributed by atoms with Crippen LogP contribution in [0.15, 0.2) is 45.8 Å². The van der Waals surface area contributed by atoms with Crippen molar-refractivity contribution in [3.8, 4) is 11.5 Å². The molecular formula is C22H24N4O6S. The van der Waals surface area contributed by atoms with Gasteiger partial charge in [-0.25, -0.2) is 13.1 Å². The molecule has 0 saturated heterocycles. The van der Waals surface area contributed by atoms with Crippen LogP contribution in [0.3, 0.4) is 0 Å². The molecule has 1 aromatic heterocycles. The topological polar surface area (TPSA) is 124 Å². The minimum atomic E-state index is -3.87. The van der Waals surface area contributed by atoms with Gasteiger partial charge in [0.2, 0.25) is 15.9 Å². The number of para-hydroxylation sites is 1. The first kappa shape index (κ1) is 22.7. The molecule has 1 amide bonds. The van der Waals surface area contributed by atoms with Crippen molar-refractivity contribution < 1.29 is 27.2 Å². The van der Waals surface area contributed by atoms with E-state index in [4.69, 9.17) is 14.0 Å². The third-order valence-electron chi connectivity index (χ3n) is 5.25. The average molecular weight is 473 g/mol. The molecule has 1 aliphatic heterocycles. The fourth-order valence-corrected chi connectivity index (χ4v) is 4.78. The molecule has 2 aromatic carbocycles. The summed E-state index contributed by atoms with van der Waals surface area (Å²) in [5.41, 5.74) is 1.63. The number of nitrogens with one attached hydrogen (secondary N) is 1. The molecule has 0 saturated carbocycles. The highest BCUT2D eigenvalue weighted by atomic mass is 32.2. The molecule has 0 bridgehead atoms. The molecule has 33 heavy (non-hydrogen) atoms. The summed E-state index contributed by atoms with van der Waals surface area (Å²) in [6, 6.07) is 10.2. The van der Waals surface area contributed by atoms with Crippen LogP contribution in [0.1, 0.15) is 29.8 Å². The van der Waals surface area contributed by atoms with Crippen molar-refractivity contribution in [1.29, 1.82) is 0 Å². The van der Waals surface area contributed by atoms with Gasteiger partial charge >= 0.3 is 0 Å². The molecule has 0 spiro atoms. The van der Waals surface area contributed by atoms with Crippen LogP contribution in [0.4, 0.5) is 5.69 Å². The number of nitrogens with zero attached hydrogens (tertiary/aromatic N) is 3. The summed E-state index contributed by atoms with van der Waals surface area (Å²) >= 11 is 0. The van der Waals surface area contributed by atoms with E-state index in [1.807, 2.05) is 19.1 Å². The van der Waals surface area contributed by atoms with E-state index in [1.165, 1.54) is 18.1 Å². The third kappa shape index (κ3) is 4.69. The minimum Gasteiger partial charge on any atom is -0.496 e. The molecule has 0 atom stereocenters.